The third-order valence-corrected chi connectivity index (χ3v) is 6.80. The van der Waals surface area contributed by atoms with Crippen molar-refractivity contribution >= 4 is 45.1 Å². The molecule has 0 saturated heterocycles. The monoisotopic (exact) mass is 411 g/mol. The fraction of sp³-hybridized carbons (Fsp3) is 0.650. The molecule has 1 amide bonds. The number of thiophene rings is 1. The van der Waals surface area contributed by atoms with Crippen LogP contribution >= 0.6 is 22.9 Å². The van der Waals surface area contributed by atoms with E-state index in [0.717, 1.165) is 50.5 Å². The maximum Gasteiger partial charge on any atom is 0.341 e. The normalized spacial score (nSPS) is 20.8. The Morgan fingerprint density at radius 3 is 2.33 bits per heavy atom. The molecule has 3 aliphatic carbocycles. The molecule has 4 rings (SSSR count). The van der Waals surface area contributed by atoms with Crippen LogP contribution in [0.2, 0.25) is 0 Å². The Balaban J connectivity index is 0.000000299. The van der Waals surface area contributed by atoms with Gasteiger partial charge in [-0.3, -0.25) is 9.59 Å². The van der Waals surface area contributed by atoms with Crippen molar-refractivity contribution in [3.8, 4) is 0 Å². The highest BCUT2D eigenvalue weighted by molar-refractivity contribution is 7.17. The third-order valence-electron chi connectivity index (χ3n) is 5.11. The molecule has 1 aromatic heterocycles. The first-order valence-corrected chi connectivity index (χ1v) is 10.9. The van der Waals surface area contributed by atoms with Gasteiger partial charge in [0.2, 0.25) is 11.1 Å². The highest BCUT2D eigenvalue weighted by atomic mass is 35.5. The van der Waals surface area contributed by atoms with Gasteiger partial charge >= 0.3 is 5.97 Å². The Kier molecular flexibility index (Phi) is 6.58. The summed E-state index contributed by atoms with van der Waals surface area (Å²) >= 11 is 6.60. The van der Waals surface area contributed by atoms with Gasteiger partial charge in [-0.05, 0) is 75.0 Å². The molecule has 5 nitrogen and oxygen atoms in total. The van der Waals surface area contributed by atoms with Crippen LogP contribution in [0.5, 0.6) is 0 Å². The molecule has 1 unspecified atom stereocenters. The maximum atomic E-state index is 12.3. The van der Waals surface area contributed by atoms with Gasteiger partial charge in [-0.2, -0.15) is 0 Å². The molecule has 7 heteroatoms. The fourth-order valence-electron chi connectivity index (χ4n) is 3.22. The van der Waals surface area contributed by atoms with E-state index in [4.69, 9.17) is 16.3 Å². The van der Waals surface area contributed by atoms with Crippen LogP contribution in [0.25, 0.3) is 0 Å². The van der Waals surface area contributed by atoms with Crippen LogP contribution in [0.1, 0.15) is 79.1 Å². The number of halogens is 1. The fourth-order valence-corrected chi connectivity index (χ4v) is 4.77. The van der Waals surface area contributed by atoms with Gasteiger partial charge in [-0.15, -0.1) is 11.3 Å². The number of rotatable bonds is 5. The average Bonchev–Trinajstić information content (AvgIpc) is 3.52. The van der Waals surface area contributed by atoms with Crippen molar-refractivity contribution in [1.82, 2.24) is 0 Å². The lowest BCUT2D eigenvalue weighted by atomic mass is 9.88. The van der Waals surface area contributed by atoms with Crippen molar-refractivity contribution in [2.24, 2.45) is 11.8 Å². The minimum absolute atomic E-state index is 0.0480. The number of ether oxygens (including phenoxy) is 1. The van der Waals surface area contributed by atoms with Crippen LogP contribution in [0.4, 0.5) is 5.00 Å². The van der Waals surface area contributed by atoms with Gasteiger partial charge < -0.3 is 10.1 Å². The number of carbonyl (C=O) groups excluding carboxylic acids is 3. The van der Waals surface area contributed by atoms with E-state index in [1.54, 1.807) is 11.3 Å². The molecule has 1 N–H and O–H groups in total. The zero-order valence-electron chi connectivity index (χ0n) is 15.8. The predicted molar refractivity (Wildman–Crippen MR) is 107 cm³/mol. The molecule has 0 aliphatic heterocycles. The van der Waals surface area contributed by atoms with Crippen molar-refractivity contribution < 1.29 is 19.1 Å². The number of amides is 1. The second-order valence-corrected chi connectivity index (χ2v) is 8.93. The van der Waals surface area contributed by atoms with Gasteiger partial charge in [0.25, 0.3) is 0 Å². The van der Waals surface area contributed by atoms with Gasteiger partial charge in [0, 0.05) is 16.7 Å². The summed E-state index contributed by atoms with van der Waals surface area (Å²) in [5.74, 6) is 0.573. The second kappa shape index (κ2) is 8.74. The first kappa shape index (κ1) is 20.3. The van der Waals surface area contributed by atoms with E-state index in [1.165, 1.54) is 4.88 Å². The number of nitrogens with one attached hydrogen (secondary N) is 1. The highest BCUT2D eigenvalue weighted by Crippen LogP contribution is 2.44. The first-order valence-electron chi connectivity index (χ1n) is 9.75. The van der Waals surface area contributed by atoms with E-state index in [-0.39, 0.29) is 29.0 Å². The van der Waals surface area contributed by atoms with E-state index in [2.05, 4.69) is 12.2 Å². The lowest BCUT2D eigenvalue weighted by Crippen LogP contribution is -2.16. The van der Waals surface area contributed by atoms with Crippen LogP contribution in [-0.4, -0.2) is 23.7 Å². The van der Waals surface area contributed by atoms with E-state index in [1.807, 2.05) is 6.92 Å². The van der Waals surface area contributed by atoms with Gasteiger partial charge in [0.1, 0.15) is 5.00 Å². The third kappa shape index (κ3) is 5.11. The topological polar surface area (TPSA) is 72.5 Å². The summed E-state index contributed by atoms with van der Waals surface area (Å²) in [6.07, 6.45) is 7.09. The van der Waals surface area contributed by atoms with Crippen molar-refractivity contribution in [3.63, 3.8) is 0 Å². The smallest absolute Gasteiger partial charge is 0.341 e. The van der Waals surface area contributed by atoms with Gasteiger partial charge in [0.05, 0.1) is 12.2 Å². The first-order chi connectivity index (χ1) is 12.9. The summed E-state index contributed by atoms with van der Waals surface area (Å²) in [6.45, 7) is 4.35. The predicted octanol–water partition coefficient (Wildman–Crippen LogP) is 4.87. The average molecular weight is 412 g/mol. The molecule has 0 radical (unpaired) electrons. The zero-order chi connectivity index (χ0) is 19.6. The lowest BCUT2D eigenvalue weighted by molar-refractivity contribution is -0.117. The SMILES string of the molecule is CCOC(=O)c1c(NC(=O)C2CC2)sc2c1CCCC2C.O=C(Cl)C1CC1. The summed E-state index contributed by atoms with van der Waals surface area (Å²) in [5.41, 5.74) is 1.71. The van der Waals surface area contributed by atoms with Gasteiger partial charge in [-0.25, -0.2) is 4.79 Å². The van der Waals surface area contributed by atoms with Crippen molar-refractivity contribution in [3.05, 3.63) is 16.0 Å². The molecule has 2 saturated carbocycles. The van der Waals surface area contributed by atoms with Crippen LogP contribution in [0, 0.1) is 11.8 Å². The number of fused-ring (bicyclic) bond motifs is 1. The molecule has 2 fully saturated rings. The largest absolute Gasteiger partial charge is 0.462 e. The van der Waals surface area contributed by atoms with E-state index in [9.17, 15) is 14.4 Å². The van der Waals surface area contributed by atoms with Crippen molar-refractivity contribution in [2.75, 3.05) is 11.9 Å². The Bertz CT molecular complexity index is 737. The molecular formula is C20H26ClNO4S. The molecule has 0 aromatic carbocycles. The second-order valence-electron chi connectivity index (χ2n) is 7.50. The minimum atomic E-state index is -0.296. The zero-order valence-corrected chi connectivity index (χ0v) is 17.4. The van der Waals surface area contributed by atoms with Crippen LogP contribution in [0.3, 0.4) is 0 Å². The van der Waals surface area contributed by atoms with Crippen LogP contribution < -0.4 is 5.32 Å². The number of esters is 1. The van der Waals surface area contributed by atoms with Gasteiger partial charge in [0.15, 0.2) is 0 Å². The Labute approximate surface area is 168 Å². The molecule has 27 heavy (non-hydrogen) atoms. The molecule has 3 aliphatic rings. The Hall–Kier alpha value is -1.40. The molecule has 1 heterocycles. The molecule has 148 valence electrons. The number of hydrogen-bond donors (Lipinski definition) is 1. The Morgan fingerprint density at radius 2 is 1.81 bits per heavy atom. The summed E-state index contributed by atoms with van der Waals surface area (Å²) in [7, 11) is 0. The van der Waals surface area contributed by atoms with E-state index >= 15 is 0 Å². The Morgan fingerprint density at radius 1 is 1.15 bits per heavy atom. The van der Waals surface area contributed by atoms with E-state index in [0.29, 0.717) is 23.1 Å². The molecule has 1 aromatic rings. The van der Waals surface area contributed by atoms with E-state index < -0.39 is 0 Å². The summed E-state index contributed by atoms with van der Waals surface area (Å²) in [5, 5.41) is 3.51. The van der Waals surface area contributed by atoms with Gasteiger partial charge in [-0.1, -0.05) is 6.92 Å². The maximum absolute atomic E-state index is 12.3. The number of anilines is 1. The van der Waals surface area contributed by atoms with Crippen LogP contribution in [-0.2, 0) is 20.7 Å². The summed E-state index contributed by atoms with van der Waals surface area (Å²) in [4.78, 5) is 35.6. The molecule has 1 atom stereocenters. The van der Waals surface area contributed by atoms with Crippen molar-refractivity contribution in [2.45, 2.75) is 64.7 Å². The van der Waals surface area contributed by atoms with Crippen molar-refractivity contribution in [1.29, 1.82) is 0 Å². The molecular weight excluding hydrogens is 386 g/mol. The quantitative estimate of drug-likeness (QED) is 0.553. The minimum Gasteiger partial charge on any atom is -0.462 e. The highest BCUT2D eigenvalue weighted by Gasteiger charge is 2.34. The summed E-state index contributed by atoms with van der Waals surface area (Å²) in [6, 6.07) is 0. The number of carbonyl (C=O) groups is 3. The molecule has 0 bridgehead atoms. The lowest BCUT2D eigenvalue weighted by Gasteiger charge is -2.18. The number of hydrogen-bond acceptors (Lipinski definition) is 5. The molecule has 0 spiro atoms. The standard InChI is InChI=1S/C16H21NO3S.C4H5ClO/c1-3-20-16(19)12-11-6-4-5-9(2)13(11)21-15(12)17-14(18)10-7-8-10;5-4(6)3-1-2-3/h9-10H,3-8H2,1-2H3,(H,17,18);3H,1-2H2. The summed E-state index contributed by atoms with van der Waals surface area (Å²) < 4.78 is 5.20. The van der Waals surface area contributed by atoms with Crippen LogP contribution in [0.15, 0.2) is 0 Å².